The molecule has 0 atom stereocenters. The van der Waals surface area contributed by atoms with Crippen LogP contribution in [0.15, 0.2) is 41.8 Å². The normalized spacial score (nSPS) is 15.0. The number of rotatable bonds is 4. The lowest BCUT2D eigenvalue weighted by atomic mass is 10.2. The SMILES string of the molecule is CN=C(NCCc1ccccn1)N1CCN(c2cnn(C)c2)C(=O)C1.I. The highest BCUT2D eigenvalue weighted by Gasteiger charge is 2.27. The second-order valence-electron chi connectivity index (χ2n) is 5.88. The molecule has 2 aromatic rings. The van der Waals surface area contributed by atoms with Crippen molar-refractivity contribution in [3.8, 4) is 0 Å². The highest BCUT2D eigenvalue weighted by molar-refractivity contribution is 14.0. The smallest absolute Gasteiger partial charge is 0.246 e. The van der Waals surface area contributed by atoms with Crippen LogP contribution in [0.25, 0.3) is 0 Å². The molecule has 3 heterocycles. The lowest BCUT2D eigenvalue weighted by Crippen LogP contribution is -2.55. The monoisotopic (exact) mass is 469 g/mol. The van der Waals surface area contributed by atoms with Gasteiger partial charge >= 0.3 is 0 Å². The zero-order valence-corrected chi connectivity index (χ0v) is 17.3. The van der Waals surface area contributed by atoms with Gasteiger partial charge in [0.15, 0.2) is 5.96 Å². The number of pyridine rings is 1. The van der Waals surface area contributed by atoms with E-state index in [1.807, 2.05) is 36.3 Å². The minimum atomic E-state index is 0. The first-order chi connectivity index (χ1) is 12.2. The van der Waals surface area contributed by atoms with Crippen molar-refractivity contribution >= 4 is 41.5 Å². The van der Waals surface area contributed by atoms with Crippen molar-refractivity contribution in [1.82, 2.24) is 25.0 Å². The van der Waals surface area contributed by atoms with E-state index in [0.29, 0.717) is 13.1 Å². The molecule has 1 aliphatic heterocycles. The fourth-order valence-corrected chi connectivity index (χ4v) is 2.86. The molecule has 1 fully saturated rings. The molecule has 0 saturated carbocycles. The van der Waals surface area contributed by atoms with Gasteiger partial charge in [0.05, 0.1) is 11.9 Å². The van der Waals surface area contributed by atoms with Crippen molar-refractivity contribution in [1.29, 1.82) is 0 Å². The fourth-order valence-electron chi connectivity index (χ4n) is 2.86. The Morgan fingerprint density at radius 1 is 1.35 bits per heavy atom. The lowest BCUT2D eigenvalue weighted by Gasteiger charge is -2.35. The molecule has 1 aliphatic rings. The van der Waals surface area contributed by atoms with Crippen molar-refractivity contribution in [3.63, 3.8) is 0 Å². The van der Waals surface area contributed by atoms with Gasteiger partial charge in [-0.25, -0.2) is 0 Å². The average Bonchev–Trinajstić information content (AvgIpc) is 3.05. The average molecular weight is 469 g/mol. The summed E-state index contributed by atoms with van der Waals surface area (Å²) in [5, 5.41) is 7.45. The standard InChI is InChI=1S/C17H23N7O.HI/c1-18-17(20-8-6-14-5-3-4-7-19-14)23-9-10-24(16(25)13-23)15-11-21-22(2)12-15;/h3-5,7,11-12H,6,8-10,13H2,1-2H3,(H,18,20);1H. The zero-order chi connectivity index (χ0) is 17.6. The number of nitrogens with zero attached hydrogens (tertiary/aromatic N) is 6. The highest BCUT2D eigenvalue weighted by atomic mass is 127. The third kappa shape index (κ3) is 4.93. The summed E-state index contributed by atoms with van der Waals surface area (Å²) >= 11 is 0. The van der Waals surface area contributed by atoms with Crippen LogP contribution in [0.4, 0.5) is 5.69 Å². The van der Waals surface area contributed by atoms with Gasteiger partial charge in [-0.05, 0) is 12.1 Å². The van der Waals surface area contributed by atoms with E-state index in [2.05, 4.69) is 20.4 Å². The first-order valence-electron chi connectivity index (χ1n) is 8.32. The number of aromatic nitrogens is 3. The summed E-state index contributed by atoms with van der Waals surface area (Å²) in [5.41, 5.74) is 1.87. The molecule has 8 nitrogen and oxygen atoms in total. The molecule has 0 bridgehead atoms. The van der Waals surface area contributed by atoms with Crippen LogP contribution < -0.4 is 10.2 Å². The van der Waals surface area contributed by atoms with E-state index in [0.717, 1.165) is 36.9 Å². The van der Waals surface area contributed by atoms with Gasteiger partial charge in [0.1, 0.15) is 6.54 Å². The topological polar surface area (TPSA) is 78.7 Å². The Kier molecular flexibility index (Phi) is 7.37. The van der Waals surface area contributed by atoms with Crippen molar-refractivity contribution in [2.75, 3.05) is 38.1 Å². The van der Waals surface area contributed by atoms with Gasteiger partial charge in [-0.3, -0.25) is 19.5 Å². The van der Waals surface area contributed by atoms with Gasteiger partial charge < -0.3 is 15.1 Å². The maximum Gasteiger partial charge on any atom is 0.246 e. The summed E-state index contributed by atoms with van der Waals surface area (Å²) in [7, 11) is 3.58. The van der Waals surface area contributed by atoms with Crippen LogP contribution in [0.1, 0.15) is 5.69 Å². The van der Waals surface area contributed by atoms with Crippen LogP contribution >= 0.6 is 24.0 Å². The largest absolute Gasteiger partial charge is 0.356 e. The Hall–Kier alpha value is -2.17. The molecule has 2 aromatic heterocycles. The number of amides is 1. The van der Waals surface area contributed by atoms with Crippen molar-refractivity contribution in [3.05, 3.63) is 42.5 Å². The third-order valence-electron chi connectivity index (χ3n) is 4.13. The van der Waals surface area contributed by atoms with E-state index >= 15 is 0 Å². The fraction of sp³-hybridized carbons (Fsp3) is 0.412. The van der Waals surface area contributed by atoms with Crippen LogP contribution in [0.2, 0.25) is 0 Å². The Balaban J connectivity index is 0.00000243. The molecule has 0 aromatic carbocycles. The van der Waals surface area contributed by atoms with Crippen molar-refractivity contribution < 1.29 is 4.79 Å². The van der Waals surface area contributed by atoms with Gasteiger partial charge in [0.2, 0.25) is 5.91 Å². The van der Waals surface area contributed by atoms with E-state index in [1.165, 1.54) is 0 Å². The first kappa shape index (κ1) is 20.1. The van der Waals surface area contributed by atoms with E-state index in [4.69, 9.17) is 0 Å². The molecule has 1 amide bonds. The third-order valence-corrected chi connectivity index (χ3v) is 4.13. The maximum absolute atomic E-state index is 12.5. The van der Waals surface area contributed by atoms with E-state index in [-0.39, 0.29) is 29.9 Å². The molecular weight excluding hydrogens is 445 g/mol. The number of hydrogen-bond donors (Lipinski definition) is 1. The number of guanidine groups is 1. The predicted molar refractivity (Wildman–Crippen MR) is 112 cm³/mol. The molecule has 140 valence electrons. The molecule has 3 rings (SSSR count). The number of carbonyl (C=O) groups is 1. The van der Waals surface area contributed by atoms with Gasteiger partial charge in [0, 0.05) is 58.2 Å². The summed E-state index contributed by atoms with van der Waals surface area (Å²) in [5.74, 6) is 0.794. The van der Waals surface area contributed by atoms with Gasteiger partial charge in [-0.2, -0.15) is 5.10 Å². The van der Waals surface area contributed by atoms with Crippen molar-refractivity contribution in [2.24, 2.45) is 12.0 Å². The van der Waals surface area contributed by atoms with E-state index in [9.17, 15) is 4.79 Å². The molecule has 0 aliphatic carbocycles. The van der Waals surface area contributed by atoms with Crippen LogP contribution in [-0.2, 0) is 18.3 Å². The summed E-state index contributed by atoms with van der Waals surface area (Å²) in [6.45, 7) is 2.37. The van der Waals surface area contributed by atoms with Crippen LogP contribution in [0.5, 0.6) is 0 Å². The zero-order valence-electron chi connectivity index (χ0n) is 15.0. The van der Waals surface area contributed by atoms with E-state index < -0.39 is 0 Å². The molecule has 1 N–H and O–H groups in total. The Labute approximate surface area is 170 Å². The lowest BCUT2D eigenvalue weighted by molar-refractivity contribution is -0.120. The molecule has 9 heteroatoms. The summed E-state index contributed by atoms with van der Waals surface area (Å²) in [4.78, 5) is 24.8. The maximum atomic E-state index is 12.5. The molecule has 1 saturated heterocycles. The number of aliphatic imine (C=N–C) groups is 1. The Bertz CT molecular complexity index is 747. The first-order valence-corrected chi connectivity index (χ1v) is 8.32. The number of aryl methyl sites for hydroxylation is 1. The van der Waals surface area contributed by atoms with Gasteiger partial charge in [-0.15, -0.1) is 24.0 Å². The second-order valence-corrected chi connectivity index (χ2v) is 5.88. The number of anilines is 1. The molecule has 0 unspecified atom stereocenters. The summed E-state index contributed by atoms with van der Waals surface area (Å²) < 4.78 is 1.70. The minimum absolute atomic E-state index is 0. The van der Waals surface area contributed by atoms with Crippen LogP contribution in [-0.4, -0.2) is 64.8 Å². The second kappa shape index (κ2) is 9.51. The molecule has 26 heavy (non-hydrogen) atoms. The summed E-state index contributed by atoms with van der Waals surface area (Å²) in [6.07, 6.45) is 6.17. The molecular formula is C17H24IN7O. The van der Waals surface area contributed by atoms with Crippen LogP contribution in [0.3, 0.4) is 0 Å². The summed E-state index contributed by atoms with van der Waals surface area (Å²) in [6, 6.07) is 5.89. The molecule has 0 radical (unpaired) electrons. The number of carbonyl (C=O) groups excluding carboxylic acids is 1. The minimum Gasteiger partial charge on any atom is -0.356 e. The number of halogens is 1. The quantitative estimate of drug-likeness (QED) is 0.409. The number of hydrogen-bond acceptors (Lipinski definition) is 4. The number of nitrogens with one attached hydrogen (secondary N) is 1. The van der Waals surface area contributed by atoms with Gasteiger partial charge in [0.25, 0.3) is 0 Å². The highest BCUT2D eigenvalue weighted by Crippen LogP contribution is 2.15. The number of piperazine rings is 1. The van der Waals surface area contributed by atoms with E-state index in [1.54, 1.807) is 29.0 Å². The predicted octanol–water partition coefficient (Wildman–Crippen LogP) is 0.900. The molecule has 0 spiro atoms. The Morgan fingerprint density at radius 3 is 2.81 bits per heavy atom. The van der Waals surface area contributed by atoms with Gasteiger partial charge in [-0.1, -0.05) is 6.07 Å². The Morgan fingerprint density at radius 2 is 2.19 bits per heavy atom. The van der Waals surface area contributed by atoms with Crippen molar-refractivity contribution in [2.45, 2.75) is 6.42 Å². The van der Waals surface area contributed by atoms with Crippen LogP contribution in [0, 0.1) is 0 Å².